The van der Waals surface area contributed by atoms with Crippen molar-refractivity contribution in [3.8, 4) is 0 Å². The zero-order valence-corrected chi connectivity index (χ0v) is 16.6. The number of nitrogens with zero attached hydrogens (tertiary/aromatic N) is 1. The van der Waals surface area contributed by atoms with Crippen LogP contribution in [0, 0.1) is 12.7 Å². The van der Waals surface area contributed by atoms with E-state index in [1.54, 1.807) is 0 Å². The number of ether oxygens (including phenoxy) is 1. The molecule has 0 aromatic heterocycles. The summed E-state index contributed by atoms with van der Waals surface area (Å²) in [5.41, 5.74) is 2.14. The molecule has 1 unspecified atom stereocenters. The van der Waals surface area contributed by atoms with Crippen LogP contribution in [0.15, 0.2) is 47.4 Å². The van der Waals surface area contributed by atoms with Gasteiger partial charge in [-0.3, -0.25) is 4.90 Å². The molecular weight excluding hydrogens is 391 g/mol. The number of hydrogen-bond donors (Lipinski definition) is 1. The molecule has 1 N–H and O–H groups in total. The molecule has 8 heteroatoms. The minimum atomic E-state index is -3.87. The summed E-state index contributed by atoms with van der Waals surface area (Å²) in [7, 11) is -3.87. The van der Waals surface area contributed by atoms with Crippen LogP contribution in [0.1, 0.15) is 17.2 Å². The highest BCUT2D eigenvalue weighted by Crippen LogP contribution is 2.25. The Balaban J connectivity index is 1.83. The van der Waals surface area contributed by atoms with E-state index in [4.69, 9.17) is 16.3 Å². The van der Waals surface area contributed by atoms with E-state index in [2.05, 4.69) is 15.7 Å². The molecule has 2 aromatic rings. The van der Waals surface area contributed by atoms with Crippen molar-refractivity contribution in [3.05, 3.63) is 64.4 Å². The van der Waals surface area contributed by atoms with Crippen molar-refractivity contribution in [2.75, 3.05) is 32.8 Å². The highest BCUT2D eigenvalue weighted by Gasteiger charge is 2.26. The smallest absolute Gasteiger partial charge is 0.242 e. The molecule has 1 fully saturated rings. The van der Waals surface area contributed by atoms with E-state index in [-0.39, 0.29) is 22.5 Å². The quantitative estimate of drug-likeness (QED) is 0.791. The Morgan fingerprint density at radius 1 is 1.22 bits per heavy atom. The zero-order chi connectivity index (χ0) is 19.4. The molecule has 1 aliphatic rings. The van der Waals surface area contributed by atoms with Crippen LogP contribution in [0.3, 0.4) is 0 Å². The van der Waals surface area contributed by atoms with Gasteiger partial charge in [0.05, 0.1) is 18.2 Å². The van der Waals surface area contributed by atoms with E-state index < -0.39 is 15.8 Å². The van der Waals surface area contributed by atoms with Crippen LogP contribution in [0.5, 0.6) is 0 Å². The standard InChI is InChI=1S/C19H22ClFN2O3S/c1-14-3-2-4-15(11-14)18(23-7-9-26-10-8-23)13-22-27(24,25)19-6-5-16(21)12-17(19)20/h2-6,11-12,18,22H,7-10,13H2,1H3. The molecule has 0 spiro atoms. The fourth-order valence-corrected chi connectivity index (χ4v) is 4.75. The Hall–Kier alpha value is -1.51. The second-order valence-electron chi connectivity index (χ2n) is 6.50. The van der Waals surface area contributed by atoms with Gasteiger partial charge in [-0.1, -0.05) is 41.4 Å². The molecule has 1 saturated heterocycles. The third-order valence-electron chi connectivity index (χ3n) is 4.56. The zero-order valence-electron chi connectivity index (χ0n) is 15.0. The van der Waals surface area contributed by atoms with Crippen molar-refractivity contribution in [3.63, 3.8) is 0 Å². The average Bonchev–Trinajstić information content (AvgIpc) is 2.62. The van der Waals surface area contributed by atoms with E-state index in [0.29, 0.717) is 13.2 Å². The van der Waals surface area contributed by atoms with Gasteiger partial charge in [0.2, 0.25) is 10.0 Å². The molecule has 1 heterocycles. The summed E-state index contributed by atoms with van der Waals surface area (Å²) in [6, 6.07) is 11.1. The largest absolute Gasteiger partial charge is 0.379 e. The first-order valence-corrected chi connectivity index (χ1v) is 10.6. The molecule has 3 rings (SSSR count). The third-order valence-corrected chi connectivity index (χ3v) is 6.47. The topological polar surface area (TPSA) is 58.6 Å². The maximum atomic E-state index is 13.2. The number of morpholine rings is 1. The molecule has 2 aromatic carbocycles. The summed E-state index contributed by atoms with van der Waals surface area (Å²) < 4.78 is 46.7. The molecule has 0 bridgehead atoms. The highest BCUT2D eigenvalue weighted by atomic mass is 35.5. The van der Waals surface area contributed by atoms with Crippen molar-refractivity contribution < 1.29 is 17.5 Å². The van der Waals surface area contributed by atoms with Gasteiger partial charge in [-0.25, -0.2) is 17.5 Å². The Kier molecular flexibility index (Phi) is 6.49. The van der Waals surface area contributed by atoms with Gasteiger partial charge >= 0.3 is 0 Å². The maximum Gasteiger partial charge on any atom is 0.242 e. The van der Waals surface area contributed by atoms with Crippen molar-refractivity contribution in [2.24, 2.45) is 0 Å². The number of benzene rings is 2. The minimum Gasteiger partial charge on any atom is -0.379 e. The van der Waals surface area contributed by atoms with Gasteiger partial charge in [0.15, 0.2) is 0 Å². The lowest BCUT2D eigenvalue weighted by Crippen LogP contribution is -2.43. The van der Waals surface area contributed by atoms with E-state index in [1.165, 1.54) is 6.07 Å². The van der Waals surface area contributed by atoms with Crippen LogP contribution < -0.4 is 4.72 Å². The number of aryl methyl sites for hydroxylation is 1. The van der Waals surface area contributed by atoms with Gasteiger partial charge in [-0.2, -0.15) is 0 Å². The van der Waals surface area contributed by atoms with Gasteiger partial charge in [-0.05, 0) is 30.7 Å². The fraction of sp³-hybridized carbons (Fsp3) is 0.368. The first kappa shape index (κ1) is 20.2. The molecule has 5 nitrogen and oxygen atoms in total. The summed E-state index contributed by atoms with van der Waals surface area (Å²) >= 11 is 5.93. The lowest BCUT2D eigenvalue weighted by Gasteiger charge is -2.35. The van der Waals surface area contributed by atoms with Crippen LogP contribution >= 0.6 is 11.6 Å². The number of rotatable bonds is 6. The first-order chi connectivity index (χ1) is 12.9. The second kappa shape index (κ2) is 8.67. The Morgan fingerprint density at radius 2 is 1.96 bits per heavy atom. The predicted molar refractivity (Wildman–Crippen MR) is 103 cm³/mol. The van der Waals surface area contributed by atoms with Gasteiger partial charge in [0.1, 0.15) is 10.7 Å². The van der Waals surface area contributed by atoms with Crippen molar-refractivity contribution in [1.82, 2.24) is 9.62 Å². The van der Waals surface area contributed by atoms with Crippen molar-refractivity contribution >= 4 is 21.6 Å². The van der Waals surface area contributed by atoms with Crippen LogP contribution in [0.4, 0.5) is 4.39 Å². The molecule has 1 atom stereocenters. The van der Waals surface area contributed by atoms with Crippen LogP contribution in [-0.2, 0) is 14.8 Å². The molecule has 0 amide bonds. The summed E-state index contributed by atoms with van der Waals surface area (Å²) in [5.74, 6) is -0.579. The molecular formula is C19H22ClFN2O3S. The lowest BCUT2D eigenvalue weighted by atomic mass is 10.0. The van der Waals surface area contributed by atoms with E-state index >= 15 is 0 Å². The van der Waals surface area contributed by atoms with E-state index in [1.807, 2.05) is 25.1 Å². The Morgan fingerprint density at radius 3 is 2.63 bits per heavy atom. The van der Waals surface area contributed by atoms with Crippen molar-refractivity contribution in [2.45, 2.75) is 17.9 Å². The van der Waals surface area contributed by atoms with Crippen LogP contribution in [-0.4, -0.2) is 46.2 Å². The minimum absolute atomic E-state index is 0.129. The summed E-state index contributed by atoms with van der Waals surface area (Å²) in [5, 5.41) is -0.138. The molecule has 146 valence electrons. The maximum absolute atomic E-state index is 13.2. The predicted octanol–water partition coefficient (Wildman–Crippen LogP) is 3.14. The van der Waals surface area contributed by atoms with Gasteiger partial charge in [0, 0.05) is 25.7 Å². The molecule has 0 saturated carbocycles. The monoisotopic (exact) mass is 412 g/mol. The van der Waals surface area contributed by atoms with Crippen molar-refractivity contribution in [1.29, 1.82) is 0 Å². The third kappa shape index (κ3) is 5.06. The SMILES string of the molecule is Cc1cccc(C(CNS(=O)(=O)c2ccc(F)cc2Cl)N2CCOCC2)c1. The van der Waals surface area contributed by atoms with Gasteiger partial charge in [0.25, 0.3) is 0 Å². The summed E-state index contributed by atoms with van der Waals surface area (Å²) in [4.78, 5) is 2.07. The molecule has 0 aliphatic carbocycles. The van der Waals surface area contributed by atoms with Crippen LogP contribution in [0.2, 0.25) is 5.02 Å². The van der Waals surface area contributed by atoms with Crippen LogP contribution in [0.25, 0.3) is 0 Å². The summed E-state index contributed by atoms with van der Waals surface area (Å²) in [6.45, 7) is 4.84. The molecule has 27 heavy (non-hydrogen) atoms. The Bertz CT molecular complexity index is 902. The molecule has 0 radical (unpaired) electrons. The Labute approximate surface area is 164 Å². The number of halogens is 2. The summed E-state index contributed by atoms with van der Waals surface area (Å²) in [6.07, 6.45) is 0. The lowest BCUT2D eigenvalue weighted by molar-refractivity contribution is 0.0172. The number of hydrogen-bond acceptors (Lipinski definition) is 4. The van der Waals surface area contributed by atoms with E-state index in [9.17, 15) is 12.8 Å². The number of sulfonamides is 1. The molecule has 1 aliphatic heterocycles. The van der Waals surface area contributed by atoms with Gasteiger partial charge in [-0.15, -0.1) is 0 Å². The van der Waals surface area contributed by atoms with Gasteiger partial charge < -0.3 is 4.74 Å². The number of nitrogens with one attached hydrogen (secondary N) is 1. The fourth-order valence-electron chi connectivity index (χ4n) is 3.18. The average molecular weight is 413 g/mol. The second-order valence-corrected chi connectivity index (χ2v) is 8.65. The van der Waals surface area contributed by atoms with E-state index in [0.717, 1.165) is 36.3 Å². The highest BCUT2D eigenvalue weighted by molar-refractivity contribution is 7.89. The first-order valence-electron chi connectivity index (χ1n) is 8.70. The normalized spacial score (nSPS) is 17.0.